The zero-order valence-electron chi connectivity index (χ0n) is 10.6. The third-order valence-corrected chi connectivity index (χ3v) is 4.07. The molecule has 3 aromatic rings. The Hall–Kier alpha value is -1.60. The number of anilines is 1. The second kappa shape index (κ2) is 5.65. The van der Waals surface area contributed by atoms with E-state index in [0.29, 0.717) is 11.3 Å². The Kier molecular flexibility index (Phi) is 3.86. The Morgan fingerprint density at radius 3 is 2.48 bits per heavy atom. The fourth-order valence-electron chi connectivity index (χ4n) is 2.08. The number of rotatable bonds is 2. The second-order valence-electron chi connectivity index (χ2n) is 4.38. The molecule has 0 saturated carbocycles. The van der Waals surface area contributed by atoms with Gasteiger partial charge < -0.3 is 10.3 Å². The smallest absolute Gasteiger partial charge is 0.177 e. The molecule has 0 saturated heterocycles. The summed E-state index contributed by atoms with van der Waals surface area (Å²) in [6, 6.07) is 12.0. The average Bonchev–Trinajstić information content (AvgIpc) is 2.82. The van der Waals surface area contributed by atoms with Crippen LogP contribution in [0.15, 0.2) is 47.0 Å². The normalized spacial score (nSPS) is 10.8. The number of hydrogen-bond donors (Lipinski definition) is 1. The summed E-state index contributed by atoms with van der Waals surface area (Å²) in [5.41, 5.74) is 7.18. The van der Waals surface area contributed by atoms with Crippen LogP contribution in [0.1, 0.15) is 0 Å². The molecular weight excluding hydrogens is 406 g/mol. The van der Waals surface area contributed by atoms with Crippen LogP contribution >= 0.6 is 34.2 Å². The zero-order valence-corrected chi connectivity index (χ0v) is 13.5. The molecule has 1 heterocycles. The van der Waals surface area contributed by atoms with Crippen LogP contribution in [-0.2, 0) is 0 Å². The highest BCUT2D eigenvalue weighted by molar-refractivity contribution is 14.1. The number of benzene rings is 2. The van der Waals surface area contributed by atoms with Crippen LogP contribution in [0.3, 0.4) is 0 Å². The molecule has 21 heavy (non-hydrogen) atoms. The number of nitrogen functional groups attached to an aromatic ring is 1. The Labute approximate surface area is 139 Å². The first-order chi connectivity index (χ1) is 10.1. The lowest BCUT2D eigenvalue weighted by Gasteiger charge is -2.06. The molecule has 3 rings (SSSR count). The van der Waals surface area contributed by atoms with E-state index in [0.717, 1.165) is 9.13 Å². The van der Waals surface area contributed by atoms with Crippen molar-refractivity contribution in [3.05, 3.63) is 56.9 Å². The number of nitrogens with zero attached hydrogens (tertiary/aromatic N) is 1. The predicted octanol–water partition coefficient (Wildman–Crippen LogP) is 4.99. The lowest BCUT2D eigenvalue weighted by Crippen LogP contribution is -1.92. The van der Waals surface area contributed by atoms with Gasteiger partial charge in [0, 0.05) is 14.7 Å². The molecule has 0 radical (unpaired) electrons. The molecule has 6 heteroatoms. The van der Waals surface area contributed by atoms with E-state index in [1.807, 2.05) is 24.3 Å². The summed E-state index contributed by atoms with van der Waals surface area (Å²) in [6.07, 6.45) is 0. The Bertz CT molecular complexity index is 782. The molecule has 2 N–H and O–H groups in total. The van der Waals surface area contributed by atoms with Crippen molar-refractivity contribution >= 4 is 40.0 Å². The SMILES string of the molecule is Nc1noc(-c2ccc(I)cc2)c1-c1c(F)cccc1Cl. The van der Waals surface area contributed by atoms with Gasteiger partial charge in [-0.15, -0.1) is 0 Å². The standard InChI is InChI=1S/C15H9ClFIN2O/c16-10-2-1-3-11(17)12(10)13-14(21-20-15(13)19)8-4-6-9(18)7-5-8/h1-7H,(H2,19,20). The van der Waals surface area contributed by atoms with Crippen molar-refractivity contribution in [1.29, 1.82) is 0 Å². The molecule has 0 fully saturated rings. The van der Waals surface area contributed by atoms with Gasteiger partial charge in [0.2, 0.25) is 0 Å². The summed E-state index contributed by atoms with van der Waals surface area (Å²) in [5, 5.41) is 4.01. The minimum Gasteiger partial charge on any atom is -0.380 e. The highest BCUT2D eigenvalue weighted by atomic mass is 127. The maximum atomic E-state index is 14.1. The van der Waals surface area contributed by atoms with Gasteiger partial charge in [0.15, 0.2) is 11.6 Å². The monoisotopic (exact) mass is 414 g/mol. The van der Waals surface area contributed by atoms with Crippen molar-refractivity contribution < 1.29 is 8.91 Å². The van der Waals surface area contributed by atoms with Crippen LogP contribution in [-0.4, -0.2) is 5.16 Å². The fraction of sp³-hybridized carbons (Fsp3) is 0. The van der Waals surface area contributed by atoms with Crippen molar-refractivity contribution in [2.75, 3.05) is 5.73 Å². The molecule has 0 aliphatic rings. The van der Waals surface area contributed by atoms with E-state index in [-0.39, 0.29) is 16.4 Å². The molecule has 1 aromatic heterocycles. The molecule has 0 bridgehead atoms. The van der Waals surface area contributed by atoms with E-state index in [1.54, 1.807) is 6.07 Å². The maximum Gasteiger partial charge on any atom is 0.177 e. The number of hydrogen-bond acceptors (Lipinski definition) is 3. The van der Waals surface area contributed by atoms with Crippen LogP contribution in [0, 0.1) is 9.39 Å². The van der Waals surface area contributed by atoms with Crippen molar-refractivity contribution in [2.45, 2.75) is 0 Å². The highest BCUT2D eigenvalue weighted by Gasteiger charge is 2.22. The number of aromatic nitrogens is 1. The van der Waals surface area contributed by atoms with Crippen molar-refractivity contribution in [3.63, 3.8) is 0 Å². The summed E-state index contributed by atoms with van der Waals surface area (Å²) in [4.78, 5) is 0. The Morgan fingerprint density at radius 1 is 1.10 bits per heavy atom. The minimum atomic E-state index is -0.468. The van der Waals surface area contributed by atoms with Gasteiger partial charge in [-0.1, -0.05) is 35.0 Å². The van der Waals surface area contributed by atoms with Crippen LogP contribution in [0.5, 0.6) is 0 Å². The molecular formula is C15H9ClFIN2O. The van der Waals surface area contributed by atoms with E-state index in [9.17, 15) is 4.39 Å². The largest absolute Gasteiger partial charge is 0.380 e. The van der Waals surface area contributed by atoms with Crippen LogP contribution in [0.2, 0.25) is 5.02 Å². The highest BCUT2D eigenvalue weighted by Crippen LogP contribution is 2.41. The van der Waals surface area contributed by atoms with Crippen LogP contribution < -0.4 is 5.73 Å². The van der Waals surface area contributed by atoms with E-state index >= 15 is 0 Å². The lowest BCUT2D eigenvalue weighted by atomic mass is 10.0. The van der Waals surface area contributed by atoms with Gasteiger partial charge in [0.1, 0.15) is 5.82 Å². The van der Waals surface area contributed by atoms with Crippen LogP contribution in [0.25, 0.3) is 22.5 Å². The van der Waals surface area contributed by atoms with Gasteiger partial charge in [-0.05, 0) is 46.9 Å². The first-order valence-electron chi connectivity index (χ1n) is 6.03. The fourth-order valence-corrected chi connectivity index (χ4v) is 2.70. The first kappa shape index (κ1) is 14.3. The zero-order chi connectivity index (χ0) is 15.0. The third kappa shape index (κ3) is 2.63. The van der Waals surface area contributed by atoms with Crippen molar-refractivity contribution in [1.82, 2.24) is 5.16 Å². The van der Waals surface area contributed by atoms with Gasteiger partial charge in [-0.25, -0.2) is 4.39 Å². The molecule has 0 amide bonds. The predicted molar refractivity (Wildman–Crippen MR) is 89.5 cm³/mol. The van der Waals surface area contributed by atoms with Gasteiger partial charge in [-0.2, -0.15) is 0 Å². The summed E-state index contributed by atoms with van der Waals surface area (Å²) < 4.78 is 20.5. The second-order valence-corrected chi connectivity index (χ2v) is 6.03. The molecule has 106 valence electrons. The van der Waals surface area contributed by atoms with Gasteiger partial charge in [-0.3, -0.25) is 0 Å². The molecule has 0 unspecified atom stereocenters. The molecule has 0 atom stereocenters. The van der Waals surface area contributed by atoms with Crippen LogP contribution in [0.4, 0.5) is 10.2 Å². The van der Waals surface area contributed by atoms with Crippen molar-refractivity contribution in [3.8, 4) is 22.5 Å². The third-order valence-electron chi connectivity index (χ3n) is 3.04. The first-order valence-corrected chi connectivity index (χ1v) is 7.49. The van der Waals surface area contributed by atoms with Gasteiger partial charge in [0.05, 0.1) is 10.6 Å². The molecule has 0 aliphatic carbocycles. The molecule has 0 aliphatic heterocycles. The van der Waals surface area contributed by atoms with Gasteiger partial charge >= 0.3 is 0 Å². The topological polar surface area (TPSA) is 52.0 Å². The maximum absolute atomic E-state index is 14.1. The molecule has 0 spiro atoms. The van der Waals surface area contributed by atoms with Crippen molar-refractivity contribution in [2.24, 2.45) is 0 Å². The molecule has 3 nitrogen and oxygen atoms in total. The Morgan fingerprint density at radius 2 is 1.81 bits per heavy atom. The summed E-state index contributed by atoms with van der Waals surface area (Å²) in [7, 11) is 0. The van der Waals surface area contributed by atoms with E-state index in [1.165, 1.54) is 12.1 Å². The van der Waals surface area contributed by atoms with Gasteiger partial charge in [0.25, 0.3) is 0 Å². The minimum absolute atomic E-state index is 0.107. The number of halogens is 3. The number of nitrogens with two attached hydrogens (primary N) is 1. The Balaban J connectivity index is 2.25. The average molecular weight is 415 g/mol. The lowest BCUT2D eigenvalue weighted by molar-refractivity contribution is 0.436. The summed E-state index contributed by atoms with van der Waals surface area (Å²) in [5.74, 6) is 0.0376. The van der Waals surface area contributed by atoms with E-state index in [4.69, 9.17) is 21.9 Å². The molecule has 2 aromatic carbocycles. The summed E-state index contributed by atoms with van der Waals surface area (Å²) in [6.45, 7) is 0. The quantitative estimate of drug-likeness (QED) is 0.601. The van der Waals surface area contributed by atoms with E-state index < -0.39 is 5.82 Å². The van der Waals surface area contributed by atoms with E-state index in [2.05, 4.69) is 27.7 Å². The summed E-state index contributed by atoms with van der Waals surface area (Å²) >= 11 is 8.31.